The van der Waals surface area contributed by atoms with Gasteiger partial charge in [-0.25, -0.2) is 9.59 Å². The van der Waals surface area contributed by atoms with Gasteiger partial charge in [-0.1, -0.05) is 12.2 Å². The van der Waals surface area contributed by atoms with E-state index in [9.17, 15) is 9.59 Å². The van der Waals surface area contributed by atoms with Gasteiger partial charge in [0.05, 0.1) is 0 Å². The lowest BCUT2D eigenvalue weighted by Gasteiger charge is -2.37. The van der Waals surface area contributed by atoms with Crippen LogP contribution in [0.2, 0.25) is 0 Å². The first-order valence-corrected chi connectivity index (χ1v) is 5.24. The topological polar surface area (TPSA) is 52.6 Å². The van der Waals surface area contributed by atoms with Crippen molar-refractivity contribution in [2.75, 3.05) is 0 Å². The first-order chi connectivity index (χ1) is 7.12. The summed E-state index contributed by atoms with van der Waals surface area (Å²) in [5, 5.41) is 0. The van der Waals surface area contributed by atoms with E-state index in [1.54, 1.807) is 0 Å². The molecular weight excluding hydrogens is 196 g/mol. The molecule has 15 heavy (non-hydrogen) atoms. The Morgan fingerprint density at radius 3 is 2.80 bits per heavy atom. The third-order valence-corrected chi connectivity index (χ3v) is 3.58. The number of carbonyl (C=O) groups excluding carboxylic acids is 2. The van der Waals surface area contributed by atoms with Crippen LogP contribution in [0.1, 0.15) is 19.8 Å². The van der Waals surface area contributed by atoms with Crippen LogP contribution in [0.15, 0.2) is 12.2 Å². The highest BCUT2D eigenvalue weighted by Crippen LogP contribution is 2.50. The van der Waals surface area contributed by atoms with Gasteiger partial charge in [-0.3, -0.25) is 0 Å². The molecule has 4 nitrogen and oxygen atoms in total. The molecule has 0 unspecified atom stereocenters. The van der Waals surface area contributed by atoms with E-state index in [4.69, 9.17) is 9.47 Å². The van der Waals surface area contributed by atoms with E-state index in [-0.39, 0.29) is 11.9 Å². The minimum Gasteiger partial charge on any atom is -0.448 e. The highest BCUT2D eigenvalue weighted by Gasteiger charge is 2.60. The standard InChI is InChI=1S/C11H12O4/c1-6-9(12)15-11(10(13)14-6)5-7-2-3-8(11)4-7/h2-3,6-8H,4-5H2,1H3/t6-,7+,8-,11-/m0/s1. The fourth-order valence-corrected chi connectivity index (χ4v) is 2.78. The molecule has 1 saturated carbocycles. The van der Waals surface area contributed by atoms with E-state index in [2.05, 4.69) is 6.08 Å². The number of carbonyl (C=O) groups is 2. The third kappa shape index (κ3) is 1.02. The average Bonchev–Trinajstić information content (AvgIpc) is 2.75. The average molecular weight is 208 g/mol. The van der Waals surface area contributed by atoms with Crippen molar-refractivity contribution in [2.45, 2.75) is 31.5 Å². The van der Waals surface area contributed by atoms with Crippen LogP contribution >= 0.6 is 0 Å². The zero-order valence-corrected chi connectivity index (χ0v) is 8.43. The van der Waals surface area contributed by atoms with E-state index < -0.39 is 17.7 Å². The summed E-state index contributed by atoms with van der Waals surface area (Å²) in [6.07, 6.45) is 4.79. The Morgan fingerprint density at radius 1 is 1.40 bits per heavy atom. The summed E-state index contributed by atoms with van der Waals surface area (Å²) in [4.78, 5) is 23.3. The Kier molecular flexibility index (Phi) is 1.56. The van der Waals surface area contributed by atoms with Gasteiger partial charge in [0.25, 0.3) is 0 Å². The molecule has 4 atom stereocenters. The van der Waals surface area contributed by atoms with Crippen molar-refractivity contribution in [3.63, 3.8) is 0 Å². The van der Waals surface area contributed by atoms with Crippen LogP contribution in [0.3, 0.4) is 0 Å². The molecule has 2 aliphatic carbocycles. The molecule has 0 radical (unpaired) electrons. The summed E-state index contributed by atoms with van der Waals surface area (Å²) in [5.74, 6) is -0.405. The van der Waals surface area contributed by atoms with Crippen LogP contribution in [0.4, 0.5) is 0 Å². The normalized spacial score (nSPS) is 47.1. The maximum atomic E-state index is 11.8. The maximum Gasteiger partial charge on any atom is 0.352 e. The number of ether oxygens (including phenoxy) is 2. The van der Waals surface area contributed by atoms with Crippen LogP contribution < -0.4 is 0 Å². The zero-order chi connectivity index (χ0) is 10.6. The molecule has 0 aromatic heterocycles. The minimum absolute atomic E-state index is 0.0199. The van der Waals surface area contributed by atoms with Gasteiger partial charge in [-0.05, 0) is 19.3 Å². The minimum atomic E-state index is -0.997. The van der Waals surface area contributed by atoms with Crippen molar-refractivity contribution < 1.29 is 19.1 Å². The fourth-order valence-electron chi connectivity index (χ4n) is 2.78. The smallest absolute Gasteiger partial charge is 0.352 e. The number of cyclic esters (lactones) is 1. The second-order valence-electron chi connectivity index (χ2n) is 4.55. The third-order valence-electron chi connectivity index (χ3n) is 3.58. The molecular formula is C11H12O4. The van der Waals surface area contributed by atoms with E-state index in [1.165, 1.54) is 6.92 Å². The molecule has 1 heterocycles. The largest absolute Gasteiger partial charge is 0.448 e. The number of hydrogen-bond acceptors (Lipinski definition) is 4. The molecule has 3 aliphatic rings. The predicted molar refractivity (Wildman–Crippen MR) is 49.7 cm³/mol. The van der Waals surface area contributed by atoms with E-state index in [1.807, 2.05) is 6.08 Å². The Bertz CT molecular complexity index is 373. The first-order valence-electron chi connectivity index (χ1n) is 5.24. The van der Waals surface area contributed by atoms with Crippen LogP contribution in [-0.4, -0.2) is 23.6 Å². The van der Waals surface area contributed by atoms with E-state index in [0.29, 0.717) is 12.3 Å². The Hall–Kier alpha value is -1.32. The lowest BCUT2D eigenvalue weighted by Crippen LogP contribution is -2.55. The zero-order valence-electron chi connectivity index (χ0n) is 8.43. The molecule has 1 saturated heterocycles. The summed E-state index contributed by atoms with van der Waals surface area (Å²) >= 11 is 0. The van der Waals surface area contributed by atoms with E-state index in [0.717, 1.165) is 6.42 Å². The van der Waals surface area contributed by atoms with Crippen molar-refractivity contribution in [1.82, 2.24) is 0 Å². The molecule has 2 fully saturated rings. The van der Waals surface area contributed by atoms with Gasteiger partial charge >= 0.3 is 11.9 Å². The lowest BCUT2D eigenvalue weighted by molar-refractivity contribution is -0.213. The molecule has 0 aromatic carbocycles. The van der Waals surface area contributed by atoms with Crippen molar-refractivity contribution in [2.24, 2.45) is 11.8 Å². The van der Waals surface area contributed by atoms with E-state index >= 15 is 0 Å². The van der Waals surface area contributed by atoms with Crippen molar-refractivity contribution >= 4 is 11.9 Å². The quantitative estimate of drug-likeness (QED) is 0.436. The number of esters is 2. The molecule has 80 valence electrons. The number of hydrogen-bond donors (Lipinski definition) is 0. The SMILES string of the molecule is C[C@@H]1OC(=O)[C@@]2(C[C@@H]3C=C[C@H]2C3)OC1=O. The van der Waals surface area contributed by atoms with Gasteiger partial charge < -0.3 is 9.47 Å². The number of rotatable bonds is 0. The van der Waals surface area contributed by atoms with Crippen LogP contribution in [0.25, 0.3) is 0 Å². The van der Waals surface area contributed by atoms with Gasteiger partial charge in [-0.2, -0.15) is 0 Å². The highest BCUT2D eigenvalue weighted by atomic mass is 16.7. The predicted octanol–water partition coefficient (Wildman–Crippen LogP) is 0.810. The summed E-state index contributed by atoms with van der Waals surface area (Å²) in [5.41, 5.74) is -0.997. The van der Waals surface area contributed by atoms with Gasteiger partial charge in [0, 0.05) is 12.3 Å². The second-order valence-corrected chi connectivity index (χ2v) is 4.55. The molecule has 0 aromatic rings. The summed E-state index contributed by atoms with van der Waals surface area (Å²) in [6, 6.07) is 0. The van der Waals surface area contributed by atoms with Crippen molar-refractivity contribution in [3.8, 4) is 0 Å². The van der Waals surface area contributed by atoms with Crippen LogP contribution in [0.5, 0.6) is 0 Å². The Balaban J connectivity index is 1.96. The summed E-state index contributed by atoms with van der Waals surface area (Å²) in [6.45, 7) is 1.54. The summed E-state index contributed by atoms with van der Waals surface area (Å²) in [7, 11) is 0. The molecule has 0 N–H and O–H groups in total. The Morgan fingerprint density at radius 2 is 2.20 bits per heavy atom. The number of allylic oxidation sites excluding steroid dienone is 1. The molecule has 3 rings (SSSR count). The highest BCUT2D eigenvalue weighted by molar-refractivity contribution is 5.91. The monoisotopic (exact) mass is 208 g/mol. The van der Waals surface area contributed by atoms with Gasteiger partial charge in [0.1, 0.15) is 0 Å². The van der Waals surface area contributed by atoms with Crippen LogP contribution in [-0.2, 0) is 19.1 Å². The number of fused-ring (bicyclic) bond motifs is 3. The van der Waals surface area contributed by atoms with Gasteiger partial charge in [0.2, 0.25) is 5.60 Å². The van der Waals surface area contributed by atoms with Crippen molar-refractivity contribution in [1.29, 1.82) is 0 Å². The van der Waals surface area contributed by atoms with Gasteiger partial charge in [0.15, 0.2) is 6.10 Å². The van der Waals surface area contributed by atoms with Crippen molar-refractivity contribution in [3.05, 3.63) is 12.2 Å². The molecule has 2 bridgehead atoms. The summed E-state index contributed by atoms with van der Waals surface area (Å²) < 4.78 is 10.4. The molecule has 4 heteroatoms. The molecule has 1 spiro atoms. The van der Waals surface area contributed by atoms with Gasteiger partial charge in [-0.15, -0.1) is 0 Å². The maximum absolute atomic E-state index is 11.8. The molecule has 1 aliphatic heterocycles. The first kappa shape index (κ1) is 8.95. The van der Waals surface area contributed by atoms with Crippen LogP contribution in [0, 0.1) is 11.8 Å². The fraction of sp³-hybridized carbons (Fsp3) is 0.636. The molecule has 0 amide bonds. The lowest BCUT2D eigenvalue weighted by atomic mass is 9.87. The second kappa shape index (κ2) is 2.62. The Labute approximate surface area is 87.2 Å².